The number of unbranched alkanes of at least 4 members (excludes halogenated alkanes) is 1. The fourth-order valence-corrected chi connectivity index (χ4v) is 5.85. The van der Waals surface area contributed by atoms with E-state index < -0.39 is 28.5 Å². The number of carbonyl (C=O) groups is 2. The number of hydrogen-bond acceptors (Lipinski definition) is 4. The first-order chi connectivity index (χ1) is 19.1. The topological polar surface area (TPSA) is 86.8 Å². The van der Waals surface area contributed by atoms with Crippen molar-refractivity contribution in [1.29, 1.82) is 0 Å². The molecule has 0 fully saturated rings. The maximum absolute atomic E-state index is 14.0. The molecule has 0 bridgehead atoms. The van der Waals surface area contributed by atoms with Gasteiger partial charge in [0.25, 0.3) is 10.0 Å². The minimum Gasteiger partial charge on any atom is -0.354 e. The summed E-state index contributed by atoms with van der Waals surface area (Å²) in [6.07, 6.45) is 2.08. The van der Waals surface area contributed by atoms with Crippen molar-refractivity contribution in [1.82, 2.24) is 10.2 Å². The largest absolute Gasteiger partial charge is 0.354 e. The van der Waals surface area contributed by atoms with Gasteiger partial charge in [-0.25, -0.2) is 8.42 Å². The molecular formula is C30H35Cl2N3O4S. The van der Waals surface area contributed by atoms with E-state index in [-0.39, 0.29) is 23.0 Å². The molecule has 0 spiro atoms. The minimum atomic E-state index is -4.14. The molecule has 0 saturated carbocycles. The second-order valence-corrected chi connectivity index (χ2v) is 12.3. The minimum absolute atomic E-state index is 0.0504. The van der Waals surface area contributed by atoms with Crippen LogP contribution >= 0.6 is 23.2 Å². The third-order valence-corrected chi connectivity index (χ3v) is 8.78. The third-order valence-electron chi connectivity index (χ3n) is 6.48. The first-order valence-electron chi connectivity index (χ1n) is 13.2. The van der Waals surface area contributed by atoms with Crippen LogP contribution in [0.4, 0.5) is 5.69 Å². The van der Waals surface area contributed by atoms with Crippen LogP contribution in [0.3, 0.4) is 0 Å². The Balaban J connectivity index is 2.02. The summed E-state index contributed by atoms with van der Waals surface area (Å²) >= 11 is 12.1. The van der Waals surface area contributed by atoms with Gasteiger partial charge in [-0.1, -0.05) is 73.3 Å². The van der Waals surface area contributed by atoms with Gasteiger partial charge in [0.05, 0.1) is 10.6 Å². The average Bonchev–Trinajstić information content (AvgIpc) is 2.93. The summed E-state index contributed by atoms with van der Waals surface area (Å²) in [5.74, 6) is -0.796. The fourth-order valence-electron chi connectivity index (χ4n) is 4.19. The van der Waals surface area contributed by atoms with E-state index in [0.29, 0.717) is 23.0 Å². The lowest BCUT2D eigenvalue weighted by Gasteiger charge is -2.33. The highest BCUT2D eigenvalue weighted by Gasteiger charge is 2.33. The van der Waals surface area contributed by atoms with Crippen molar-refractivity contribution in [3.63, 3.8) is 0 Å². The van der Waals surface area contributed by atoms with Crippen molar-refractivity contribution < 1.29 is 18.0 Å². The van der Waals surface area contributed by atoms with Gasteiger partial charge in [0.2, 0.25) is 11.8 Å². The molecule has 3 rings (SSSR count). The summed E-state index contributed by atoms with van der Waals surface area (Å²) in [6, 6.07) is 18.9. The predicted octanol–water partition coefficient (Wildman–Crippen LogP) is 6.22. The van der Waals surface area contributed by atoms with E-state index >= 15 is 0 Å². The van der Waals surface area contributed by atoms with E-state index in [2.05, 4.69) is 5.32 Å². The SMILES string of the molecule is CCCCNC(=O)[C@H](CC)N(Cc1ccc(Cl)cc1)C(=O)CN(c1ccc(Cl)cc1)S(=O)(=O)c1ccc(C)cc1. The Morgan fingerprint density at radius 3 is 2.00 bits per heavy atom. The van der Waals surface area contributed by atoms with Crippen LogP contribution in [0.15, 0.2) is 77.7 Å². The highest BCUT2D eigenvalue weighted by Crippen LogP contribution is 2.26. The molecule has 214 valence electrons. The molecule has 0 aromatic heterocycles. The van der Waals surface area contributed by atoms with Gasteiger partial charge in [-0.2, -0.15) is 0 Å². The number of aryl methyl sites for hydroxylation is 1. The van der Waals surface area contributed by atoms with Crippen LogP contribution in [0, 0.1) is 6.92 Å². The Hall–Kier alpha value is -3.07. The Morgan fingerprint density at radius 1 is 0.875 bits per heavy atom. The van der Waals surface area contributed by atoms with Gasteiger partial charge in [0.1, 0.15) is 12.6 Å². The van der Waals surface area contributed by atoms with E-state index in [1.807, 2.05) is 20.8 Å². The Kier molecular flexibility index (Phi) is 11.4. The highest BCUT2D eigenvalue weighted by atomic mass is 35.5. The van der Waals surface area contributed by atoms with Crippen LogP contribution in [-0.2, 0) is 26.2 Å². The summed E-state index contributed by atoms with van der Waals surface area (Å²) in [5.41, 5.74) is 1.95. The predicted molar refractivity (Wildman–Crippen MR) is 161 cm³/mol. The number of amides is 2. The second kappa shape index (κ2) is 14.5. The Morgan fingerprint density at radius 2 is 1.45 bits per heavy atom. The Bertz CT molecular complexity index is 1380. The van der Waals surface area contributed by atoms with E-state index in [4.69, 9.17) is 23.2 Å². The van der Waals surface area contributed by atoms with Gasteiger partial charge in [-0.05, 0) is 73.9 Å². The lowest BCUT2D eigenvalue weighted by molar-refractivity contribution is -0.140. The van der Waals surface area contributed by atoms with Crippen LogP contribution in [0.25, 0.3) is 0 Å². The van der Waals surface area contributed by atoms with Gasteiger partial charge in [-0.15, -0.1) is 0 Å². The number of nitrogens with one attached hydrogen (secondary N) is 1. The molecule has 0 aliphatic carbocycles. The van der Waals surface area contributed by atoms with Gasteiger partial charge < -0.3 is 10.2 Å². The third kappa shape index (κ3) is 8.22. The highest BCUT2D eigenvalue weighted by molar-refractivity contribution is 7.92. The van der Waals surface area contributed by atoms with Crippen molar-refractivity contribution in [2.75, 3.05) is 17.4 Å². The lowest BCUT2D eigenvalue weighted by Crippen LogP contribution is -2.52. The molecule has 7 nitrogen and oxygen atoms in total. The van der Waals surface area contributed by atoms with E-state index in [9.17, 15) is 18.0 Å². The average molecular weight is 605 g/mol. The summed E-state index contributed by atoms with van der Waals surface area (Å²) in [6.45, 7) is 5.81. The molecule has 0 radical (unpaired) electrons. The Labute approximate surface area is 247 Å². The molecule has 3 aromatic carbocycles. The first kappa shape index (κ1) is 31.5. The van der Waals surface area contributed by atoms with Gasteiger partial charge in [0.15, 0.2) is 0 Å². The summed E-state index contributed by atoms with van der Waals surface area (Å²) < 4.78 is 28.8. The van der Waals surface area contributed by atoms with Gasteiger partial charge in [0, 0.05) is 23.1 Å². The smallest absolute Gasteiger partial charge is 0.264 e. The number of hydrogen-bond donors (Lipinski definition) is 1. The number of rotatable bonds is 13. The zero-order chi connectivity index (χ0) is 29.3. The quantitative estimate of drug-likeness (QED) is 0.235. The second-order valence-electron chi connectivity index (χ2n) is 9.52. The number of sulfonamides is 1. The standard InChI is InChI=1S/C30H35Cl2N3O4S/c1-4-6-19-33-30(37)28(5-2)34(20-23-9-11-24(31)12-10-23)29(36)21-35(26-15-13-25(32)14-16-26)40(38,39)27-17-7-22(3)8-18-27/h7-18,28H,4-6,19-21H2,1-3H3,(H,33,37)/t28-/m0/s1. The maximum atomic E-state index is 14.0. The molecule has 1 atom stereocenters. The summed E-state index contributed by atoms with van der Waals surface area (Å²) in [4.78, 5) is 28.7. The maximum Gasteiger partial charge on any atom is 0.264 e. The van der Waals surface area contributed by atoms with Gasteiger partial charge >= 0.3 is 0 Å². The van der Waals surface area contributed by atoms with Gasteiger partial charge in [-0.3, -0.25) is 13.9 Å². The lowest BCUT2D eigenvalue weighted by atomic mass is 10.1. The zero-order valence-electron chi connectivity index (χ0n) is 22.9. The van der Waals surface area contributed by atoms with Crippen molar-refractivity contribution in [3.8, 4) is 0 Å². The van der Waals surface area contributed by atoms with Crippen molar-refractivity contribution in [2.24, 2.45) is 0 Å². The van der Waals surface area contributed by atoms with E-state index in [1.165, 1.54) is 17.0 Å². The molecule has 0 aliphatic heterocycles. The van der Waals surface area contributed by atoms with Crippen molar-refractivity contribution in [2.45, 2.75) is 57.5 Å². The van der Waals surface area contributed by atoms with Crippen LogP contribution in [0.2, 0.25) is 10.0 Å². The number of halogens is 2. The monoisotopic (exact) mass is 603 g/mol. The fraction of sp³-hybridized carbons (Fsp3) is 0.333. The molecule has 0 unspecified atom stereocenters. The zero-order valence-corrected chi connectivity index (χ0v) is 25.3. The molecule has 10 heteroatoms. The number of nitrogens with zero attached hydrogens (tertiary/aromatic N) is 2. The molecule has 0 aliphatic rings. The van der Waals surface area contributed by atoms with Crippen molar-refractivity contribution >= 4 is 50.7 Å². The summed E-state index contributed by atoms with van der Waals surface area (Å²) in [7, 11) is -4.14. The molecule has 2 amide bonds. The van der Waals surface area contributed by atoms with E-state index in [1.54, 1.807) is 60.7 Å². The van der Waals surface area contributed by atoms with E-state index in [0.717, 1.165) is 28.3 Å². The first-order valence-corrected chi connectivity index (χ1v) is 15.4. The molecular weight excluding hydrogens is 569 g/mol. The number of anilines is 1. The summed E-state index contributed by atoms with van der Waals surface area (Å²) in [5, 5.41) is 3.89. The molecule has 40 heavy (non-hydrogen) atoms. The normalized spacial score (nSPS) is 12.0. The number of benzene rings is 3. The number of carbonyl (C=O) groups excluding carboxylic acids is 2. The van der Waals surface area contributed by atoms with Crippen molar-refractivity contribution in [3.05, 3.63) is 94.0 Å². The van der Waals surface area contributed by atoms with Crippen LogP contribution < -0.4 is 9.62 Å². The molecule has 0 saturated heterocycles. The molecule has 0 heterocycles. The molecule has 3 aromatic rings. The van der Waals surface area contributed by atoms with Crippen LogP contribution in [-0.4, -0.2) is 44.3 Å². The van der Waals surface area contributed by atoms with Crippen LogP contribution in [0.1, 0.15) is 44.2 Å². The van der Waals surface area contributed by atoms with Crippen LogP contribution in [0.5, 0.6) is 0 Å². The molecule has 1 N–H and O–H groups in total.